The number of hydrogen-bond donors (Lipinski definition) is 1. The lowest BCUT2D eigenvalue weighted by Gasteiger charge is -2.16. The smallest absolute Gasteiger partial charge is 0.123 e. The Morgan fingerprint density at radius 2 is 1.88 bits per heavy atom. The first-order valence-electron chi connectivity index (χ1n) is 5.77. The molecule has 1 nitrogen and oxygen atoms in total. The second kappa shape index (κ2) is 6.92. The van der Waals surface area contributed by atoms with Gasteiger partial charge in [0.25, 0.3) is 0 Å². The Balaban J connectivity index is 2.33. The lowest BCUT2D eigenvalue weighted by Crippen LogP contribution is -2.30. The van der Waals surface area contributed by atoms with Gasteiger partial charge in [-0.25, -0.2) is 4.39 Å². The summed E-state index contributed by atoms with van der Waals surface area (Å²) in [6.07, 6.45) is 1.15. The summed E-state index contributed by atoms with van der Waals surface area (Å²) < 4.78 is 12.7. The molecule has 2 unspecified atom stereocenters. The monoisotopic (exact) mass is 241 g/mol. The van der Waals surface area contributed by atoms with Crippen LogP contribution in [0.25, 0.3) is 0 Å². The number of thioether (sulfide) groups is 1. The van der Waals surface area contributed by atoms with E-state index in [2.05, 4.69) is 26.1 Å². The summed E-state index contributed by atoms with van der Waals surface area (Å²) in [4.78, 5) is 1.12. The molecule has 1 aromatic rings. The molecule has 1 N–H and O–H groups in total. The first-order valence-corrected chi connectivity index (χ1v) is 6.65. The molecule has 0 aliphatic rings. The minimum atomic E-state index is -0.172. The van der Waals surface area contributed by atoms with E-state index in [4.69, 9.17) is 0 Å². The van der Waals surface area contributed by atoms with Gasteiger partial charge in [0.15, 0.2) is 0 Å². The van der Waals surface area contributed by atoms with Crippen molar-refractivity contribution in [3.05, 3.63) is 30.1 Å². The molecule has 0 fully saturated rings. The molecule has 1 rings (SSSR count). The molecule has 0 aliphatic carbocycles. The van der Waals surface area contributed by atoms with Crippen LogP contribution >= 0.6 is 11.8 Å². The van der Waals surface area contributed by atoms with Gasteiger partial charge in [-0.1, -0.05) is 13.8 Å². The molecule has 0 radical (unpaired) electrons. The fourth-order valence-corrected chi connectivity index (χ4v) is 2.24. The van der Waals surface area contributed by atoms with Crippen molar-refractivity contribution in [2.24, 2.45) is 0 Å². The lowest BCUT2D eigenvalue weighted by molar-refractivity contribution is 0.537. The number of benzene rings is 1. The number of nitrogens with one attached hydrogen (secondary N) is 1. The molecule has 1 aromatic carbocycles. The van der Waals surface area contributed by atoms with E-state index in [-0.39, 0.29) is 5.82 Å². The normalized spacial score (nSPS) is 14.8. The highest BCUT2D eigenvalue weighted by Crippen LogP contribution is 2.22. The molecular formula is C13H20FNS. The van der Waals surface area contributed by atoms with Gasteiger partial charge in [0, 0.05) is 22.7 Å². The van der Waals surface area contributed by atoms with Gasteiger partial charge in [0.05, 0.1) is 0 Å². The van der Waals surface area contributed by atoms with E-state index in [9.17, 15) is 4.39 Å². The maximum Gasteiger partial charge on any atom is 0.123 e. The van der Waals surface area contributed by atoms with Crippen LogP contribution in [0.2, 0.25) is 0 Å². The quantitative estimate of drug-likeness (QED) is 0.762. The largest absolute Gasteiger partial charge is 0.313 e. The van der Waals surface area contributed by atoms with Gasteiger partial charge in [-0.05, 0) is 37.6 Å². The Morgan fingerprint density at radius 3 is 2.44 bits per heavy atom. The Kier molecular flexibility index (Phi) is 5.85. The van der Waals surface area contributed by atoms with Gasteiger partial charge in [-0.15, -0.1) is 11.8 Å². The van der Waals surface area contributed by atoms with Crippen molar-refractivity contribution in [2.45, 2.75) is 43.4 Å². The highest BCUT2D eigenvalue weighted by atomic mass is 32.2. The first kappa shape index (κ1) is 13.5. The molecule has 0 saturated heterocycles. The summed E-state index contributed by atoms with van der Waals surface area (Å²) in [6, 6.07) is 7.25. The maximum atomic E-state index is 12.7. The van der Waals surface area contributed by atoms with Gasteiger partial charge in [-0.3, -0.25) is 0 Å². The molecule has 0 bridgehead atoms. The van der Waals surface area contributed by atoms with Gasteiger partial charge in [0.1, 0.15) is 5.82 Å². The van der Waals surface area contributed by atoms with E-state index in [0.29, 0.717) is 11.3 Å². The highest BCUT2D eigenvalue weighted by Gasteiger charge is 2.06. The zero-order valence-corrected chi connectivity index (χ0v) is 11.0. The third-order valence-electron chi connectivity index (χ3n) is 2.52. The first-order chi connectivity index (χ1) is 7.61. The molecule has 0 heterocycles. The SMILES string of the molecule is CCC(C)NCC(C)Sc1ccc(F)cc1. The van der Waals surface area contributed by atoms with Gasteiger partial charge >= 0.3 is 0 Å². The van der Waals surface area contributed by atoms with Gasteiger partial charge in [0.2, 0.25) is 0 Å². The van der Waals surface area contributed by atoms with E-state index in [1.807, 2.05) is 12.1 Å². The van der Waals surface area contributed by atoms with Crippen LogP contribution < -0.4 is 5.32 Å². The summed E-state index contributed by atoms with van der Waals surface area (Å²) in [6.45, 7) is 7.53. The third kappa shape index (κ3) is 4.99. The predicted molar refractivity (Wildman–Crippen MR) is 69.5 cm³/mol. The summed E-state index contributed by atoms with van der Waals surface area (Å²) in [5.41, 5.74) is 0. The van der Waals surface area contributed by atoms with Crippen molar-refractivity contribution < 1.29 is 4.39 Å². The molecule has 90 valence electrons. The fraction of sp³-hybridized carbons (Fsp3) is 0.538. The maximum absolute atomic E-state index is 12.7. The molecule has 3 heteroatoms. The van der Waals surface area contributed by atoms with Crippen molar-refractivity contribution in [3.8, 4) is 0 Å². The third-order valence-corrected chi connectivity index (χ3v) is 3.63. The fourth-order valence-electron chi connectivity index (χ4n) is 1.30. The summed E-state index contributed by atoms with van der Waals surface area (Å²) in [7, 11) is 0. The molecule has 16 heavy (non-hydrogen) atoms. The Morgan fingerprint density at radius 1 is 1.25 bits per heavy atom. The highest BCUT2D eigenvalue weighted by molar-refractivity contribution is 8.00. The van der Waals surface area contributed by atoms with Crippen LogP contribution in [0.3, 0.4) is 0 Å². The van der Waals surface area contributed by atoms with Crippen LogP contribution in [0.1, 0.15) is 27.2 Å². The molecule has 0 spiro atoms. The van der Waals surface area contributed by atoms with Crippen molar-refractivity contribution in [3.63, 3.8) is 0 Å². The molecule has 0 aliphatic heterocycles. The zero-order chi connectivity index (χ0) is 12.0. The number of rotatable bonds is 6. The van der Waals surface area contributed by atoms with E-state index in [1.165, 1.54) is 12.1 Å². The zero-order valence-electron chi connectivity index (χ0n) is 10.2. The van der Waals surface area contributed by atoms with Crippen LogP contribution in [0, 0.1) is 5.82 Å². The minimum Gasteiger partial charge on any atom is -0.313 e. The van der Waals surface area contributed by atoms with Crippen LogP contribution in [-0.2, 0) is 0 Å². The lowest BCUT2D eigenvalue weighted by atomic mass is 10.2. The minimum absolute atomic E-state index is 0.172. The van der Waals surface area contributed by atoms with Gasteiger partial charge in [-0.2, -0.15) is 0 Å². The second-order valence-electron chi connectivity index (χ2n) is 4.10. The summed E-state index contributed by atoms with van der Waals surface area (Å²) >= 11 is 1.78. The van der Waals surface area contributed by atoms with E-state index < -0.39 is 0 Å². The molecule has 0 saturated carbocycles. The van der Waals surface area contributed by atoms with Crippen molar-refractivity contribution >= 4 is 11.8 Å². The van der Waals surface area contributed by atoms with Crippen LogP contribution in [0.15, 0.2) is 29.2 Å². The predicted octanol–water partition coefficient (Wildman–Crippen LogP) is 3.69. The molecule has 0 amide bonds. The Labute approximate surface area is 102 Å². The molecular weight excluding hydrogens is 221 g/mol. The topological polar surface area (TPSA) is 12.0 Å². The second-order valence-corrected chi connectivity index (χ2v) is 5.61. The Hall–Kier alpha value is -0.540. The van der Waals surface area contributed by atoms with Crippen LogP contribution in [0.5, 0.6) is 0 Å². The van der Waals surface area contributed by atoms with E-state index in [0.717, 1.165) is 17.9 Å². The standard InChI is InChI=1S/C13H20FNS/c1-4-10(2)15-9-11(3)16-13-7-5-12(14)6-8-13/h5-8,10-11,15H,4,9H2,1-3H3. The summed E-state index contributed by atoms with van der Waals surface area (Å²) in [5.74, 6) is -0.172. The molecule has 0 aromatic heterocycles. The van der Waals surface area contributed by atoms with E-state index in [1.54, 1.807) is 11.8 Å². The van der Waals surface area contributed by atoms with Crippen molar-refractivity contribution in [2.75, 3.05) is 6.54 Å². The number of hydrogen-bond acceptors (Lipinski definition) is 2. The van der Waals surface area contributed by atoms with E-state index >= 15 is 0 Å². The van der Waals surface area contributed by atoms with Crippen LogP contribution in [0.4, 0.5) is 4.39 Å². The van der Waals surface area contributed by atoms with Crippen LogP contribution in [-0.4, -0.2) is 17.8 Å². The average Bonchev–Trinajstić information content (AvgIpc) is 2.29. The summed E-state index contributed by atoms with van der Waals surface area (Å²) in [5, 5.41) is 3.97. The molecule has 2 atom stereocenters. The number of halogens is 1. The average molecular weight is 241 g/mol. The van der Waals surface area contributed by atoms with Crippen molar-refractivity contribution in [1.29, 1.82) is 0 Å². The van der Waals surface area contributed by atoms with Crippen molar-refractivity contribution in [1.82, 2.24) is 5.32 Å². The Bertz CT molecular complexity index is 299. The van der Waals surface area contributed by atoms with Gasteiger partial charge < -0.3 is 5.32 Å².